The van der Waals surface area contributed by atoms with Gasteiger partial charge in [-0.3, -0.25) is 0 Å². The summed E-state index contributed by atoms with van der Waals surface area (Å²) in [7, 11) is 4.02. The summed E-state index contributed by atoms with van der Waals surface area (Å²) in [5.74, 6) is 1.18. The van der Waals surface area contributed by atoms with Crippen molar-refractivity contribution in [3.8, 4) is 5.88 Å². The highest BCUT2D eigenvalue weighted by atomic mass is 16.5. The molecule has 23 heavy (non-hydrogen) atoms. The van der Waals surface area contributed by atoms with Crippen molar-refractivity contribution in [2.24, 2.45) is 0 Å². The van der Waals surface area contributed by atoms with Crippen LogP contribution in [-0.2, 0) is 0 Å². The van der Waals surface area contributed by atoms with Crippen molar-refractivity contribution in [3.05, 3.63) is 42.5 Å². The lowest BCUT2D eigenvalue weighted by atomic mass is 10.3. The Morgan fingerprint density at radius 3 is 2.70 bits per heavy atom. The smallest absolute Gasteiger partial charge is 0.247 e. The van der Waals surface area contributed by atoms with Gasteiger partial charge in [-0.25, -0.2) is 0 Å². The summed E-state index contributed by atoms with van der Waals surface area (Å²) in [6, 6.07) is 13.1. The normalized spacial score (nSPS) is 11.1. The molecule has 0 fully saturated rings. The highest BCUT2D eigenvalue weighted by Crippen LogP contribution is 2.18. The lowest BCUT2D eigenvalue weighted by Gasteiger charge is -2.11. The van der Waals surface area contributed by atoms with E-state index in [1.165, 1.54) is 0 Å². The average molecular weight is 312 g/mol. The van der Waals surface area contributed by atoms with E-state index in [4.69, 9.17) is 10.5 Å². The minimum atomic E-state index is 0.512. The van der Waals surface area contributed by atoms with Crippen LogP contribution in [0.3, 0.4) is 0 Å². The Bertz CT molecular complexity index is 781. The molecule has 0 spiro atoms. The maximum atomic E-state index is 5.78. The van der Waals surface area contributed by atoms with E-state index in [0.29, 0.717) is 18.4 Å². The van der Waals surface area contributed by atoms with Gasteiger partial charge in [-0.05, 0) is 44.4 Å². The van der Waals surface area contributed by atoms with Crippen molar-refractivity contribution >= 4 is 23.0 Å². The second-order valence-electron chi connectivity index (χ2n) is 5.47. The molecule has 3 rings (SSSR count). The SMILES string of the molecule is CN(C)CCOc1cccc2nc(Nc3ccc(N)cc3)nn12. The number of anilines is 3. The van der Waals surface area contributed by atoms with Crippen LogP contribution in [0.15, 0.2) is 42.5 Å². The monoisotopic (exact) mass is 312 g/mol. The minimum Gasteiger partial charge on any atom is -0.476 e. The Hall–Kier alpha value is -2.80. The highest BCUT2D eigenvalue weighted by Gasteiger charge is 2.08. The van der Waals surface area contributed by atoms with Crippen LogP contribution in [0, 0.1) is 0 Å². The molecule has 0 atom stereocenters. The van der Waals surface area contributed by atoms with Gasteiger partial charge in [-0.15, -0.1) is 5.10 Å². The Balaban J connectivity index is 1.79. The second-order valence-corrected chi connectivity index (χ2v) is 5.47. The molecule has 3 aromatic rings. The number of benzene rings is 1. The number of fused-ring (bicyclic) bond motifs is 1. The number of nitrogens with zero attached hydrogens (tertiary/aromatic N) is 4. The fraction of sp³-hybridized carbons (Fsp3) is 0.250. The topological polar surface area (TPSA) is 80.7 Å². The molecule has 2 heterocycles. The van der Waals surface area contributed by atoms with Crippen molar-refractivity contribution in [2.45, 2.75) is 0 Å². The summed E-state index contributed by atoms with van der Waals surface area (Å²) in [6.45, 7) is 1.42. The Kier molecular flexibility index (Phi) is 4.29. The molecular weight excluding hydrogens is 292 g/mol. The van der Waals surface area contributed by atoms with Crippen LogP contribution in [-0.4, -0.2) is 46.7 Å². The van der Waals surface area contributed by atoms with Crippen molar-refractivity contribution < 1.29 is 4.74 Å². The zero-order chi connectivity index (χ0) is 16.2. The minimum absolute atomic E-state index is 0.512. The fourth-order valence-corrected chi connectivity index (χ4v) is 2.07. The van der Waals surface area contributed by atoms with Gasteiger partial charge in [0.15, 0.2) is 5.65 Å². The molecule has 7 nitrogen and oxygen atoms in total. The maximum absolute atomic E-state index is 5.78. The highest BCUT2D eigenvalue weighted by molar-refractivity contribution is 5.58. The lowest BCUT2D eigenvalue weighted by molar-refractivity contribution is 0.249. The van der Waals surface area contributed by atoms with E-state index >= 15 is 0 Å². The van der Waals surface area contributed by atoms with Crippen LogP contribution >= 0.6 is 0 Å². The first kappa shape index (κ1) is 15.1. The average Bonchev–Trinajstić information content (AvgIpc) is 2.92. The number of ether oxygens (including phenoxy) is 1. The maximum Gasteiger partial charge on any atom is 0.247 e. The van der Waals surface area contributed by atoms with Crippen LogP contribution in [0.5, 0.6) is 5.88 Å². The lowest BCUT2D eigenvalue weighted by Crippen LogP contribution is -2.20. The van der Waals surface area contributed by atoms with E-state index in [-0.39, 0.29) is 0 Å². The number of likely N-dealkylation sites (N-methyl/N-ethyl adjacent to an activating group) is 1. The summed E-state index contributed by atoms with van der Waals surface area (Å²) >= 11 is 0. The van der Waals surface area contributed by atoms with Crippen LogP contribution in [0.4, 0.5) is 17.3 Å². The molecule has 0 aliphatic rings. The van der Waals surface area contributed by atoms with Gasteiger partial charge in [-0.1, -0.05) is 6.07 Å². The molecule has 0 bridgehead atoms. The summed E-state index contributed by atoms with van der Waals surface area (Å²) in [5, 5.41) is 7.61. The summed E-state index contributed by atoms with van der Waals surface area (Å²) < 4.78 is 7.47. The van der Waals surface area contributed by atoms with E-state index in [9.17, 15) is 0 Å². The van der Waals surface area contributed by atoms with Crippen LogP contribution in [0.1, 0.15) is 0 Å². The molecule has 0 saturated heterocycles. The first-order valence-electron chi connectivity index (χ1n) is 7.38. The summed E-state index contributed by atoms with van der Waals surface area (Å²) in [5.41, 5.74) is 8.01. The third-order valence-corrected chi connectivity index (χ3v) is 3.28. The van der Waals surface area contributed by atoms with Crippen LogP contribution in [0.25, 0.3) is 5.65 Å². The fourth-order valence-electron chi connectivity index (χ4n) is 2.07. The molecule has 0 aliphatic heterocycles. The van der Waals surface area contributed by atoms with Gasteiger partial charge >= 0.3 is 0 Å². The number of nitrogens with one attached hydrogen (secondary N) is 1. The van der Waals surface area contributed by atoms with Gasteiger partial charge in [0.2, 0.25) is 11.8 Å². The van der Waals surface area contributed by atoms with Crippen molar-refractivity contribution in [1.29, 1.82) is 0 Å². The molecule has 120 valence electrons. The zero-order valence-electron chi connectivity index (χ0n) is 13.2. The van der Waals surface area contributed by atoms with Gasteiger partial charge in [0.1, 0.15) is 6.61 Å². The van der Waals surface area contributed by atoms with Gasteiger partial charge in [-0.2, -0.15) is 9.50 Å². The number of rotatable bonds is 6. The van der Waals surface area contributed by atoms with Crippen molar-refractivity contribution in [2.75, 3.05) is 38.3 Å². The third-order valence-electron chi connectivity index (χ3n) is 3.28. The first-order valence-corrected chi connectivity index (χ1v) is 7.38. The van der Waals surface area contributed by atoms with E-state index in [0.717, 1.165) is 23.6 Å². The Labute approximate surface area is 134 Å². The molecule has 0 amide bonds. The standard InChI is InChI=1S/C16H20N6O/c1-21(2)10-11-23-15-5-3-4-14-19-16(20-22(14)15)18-13-8-6-12(17)7-9-13/h3-9H,10-11,17H2,1-2H3,(H,18,20). The predicted molar refractivity (Wildman–Crippen MR) is 91.2 cm³/mol. The molecule has 0 aliphatic carbocycles. The molecule has 0 unspecified atom stereocenters. The van der Waals surface area contributed by atoms with Crippen molar-refractivity contribution in [3.63, 3.8) is 0 Å². The summed E-state index contributed by atoms with van der Waals surface area (Å²) in [4.78, 5) is 6.52. The van der Waals surface area contributed by atoms with Gasteiger partial charge in [0, 0.05) is 24.0 Å². The van der Waals surface area contributed by atoms with Gasteiger partial charge in [0.05, 0.1) is 0 Å². The largest absolute Gasteiger partial charge is 0.476 e. The van der Waals surface area contributed by atoms with Gasteiger partial charge in [0.25, 0.3) is 0 Å². The number of pyridine rings is 1. The first-order chi connectivity index (χ1) is 11.1. The number of nitrogen functional groups attached to an aromatic ring is 1. The molecular formula is C16H20N6O. The molecule has 2 aromatic heterocycles. The molecule has 1 aromatic carbocycles. The van der Waals surface area contributed by atoms with E-state index < -0.39 is 0 Å². The molecule has 7 heteroatoms. The summed E-state index contributed by atoms with van der Waals surface area (Å²) in [6.07, 6.45) is 0. The third kappa shape index (κ3) is 3.70. The zero-order valence-corrected chi connectivity index (χ0v) is 13.2. The number of hydrogen-bond acceptors (Lipinski definition) is 6. The quantitative estimate of drug-likeness (QED) is 0.678. The van der Waals surface area contributed by atoms with E-state index in [2.05, 4.69) is 20.3 Å². The van der Waals surface area contributed by atoms with Crippen LogP contribution in [0.2, 0.25) is 0 Å². The van der Waals surface area contributed by atoms with E-state index in [1.54, 1.807) is 4.52 Å². The van der Waals surface area contributed by atoms with E-state index in [1.807, 2.05) is 56.6 Å². The molecule has 3 N–H and O–H groups in total. The van der Waals surface area contributed by atoms with Gasteiger partial charge < -0.3 is 20.7 Å². The Morgan fingerprint density at radius 1 is 1.17 bits per heavy atom. The predicted octanol–water partition coefficient (Wildman–Crippen LogP) is 2.00. The molecule has 0 radical (unpaired) electrons. The number of aromatic nitrogens is 3. The second kappa shape index (κ2) is 6.53. The molecule has 0 saturated carbocycles. The van der Waals surface area contributed by atoms with Crippen LogP contribution < -0.4 is 15.8 Å². The van der Waals surface area contributed by atoms with Crippen molar-refractivity contribution in [1.82, 2.24) is 19.5 Å². The number of nitrogens with two attached hydrogens (primary N) is 1. The Morgan fingerprint density at radius 2 is 1.96 bits per heavy atom. The number of hydrogen-bond donors (Lipinski definition) is 2.